The van der Waals surface area contributed by atoms with Gasteiger partial charge in [-0.2, -0.15) is 12.7 Å². The van der Waals surface area contributed by atoms with E-state index < -0.39 is 10.2 Å². The largest absolute Gasteiger partial charge is 0.303 e. The first kappa shape index (κ1) is 12.9. The van der Waals surface area contributed by atoms with Crippen LogP contribution in [0.15, 0.2) is 24.3 Å². The maximum Gasteiger partial charge on any atom is 0.303 e. The predicted molar refractivity (Wildman–Crippen MR) is 76.5 cm³/mol. The summed E-state index contributed by atoms with van der Waals surface area (Å²) in [6.07, 6.45) is 4.60. The average molecular weight is 280 g/mol. The number of rotatable bonds is 2. The second-order valence-corrected chi connectivity index (χ2v) is 7.87. The first-order valence-corrected chi connectivity index (χ1v) is 8.17. The normalized spacial score (nSPS) is 21.3. The molecule has 4 nitrogen and oxygen atoms in total. The summed E-state index contributed by atoms with van der Waals surface area (Å²) in [4.78, 5) is 0. The smallest absolute Gasteiger partial charge is 0.256 e. The van der Waals surface area contributed by atoms with Crippen LogP contribution in [0.25, 0.3) is 0 Å². The van der Waals surface area contributed by atoms with E-state index in [0.717, 1.165) is 18.5 Å². The Morgan fingerprint density at radius 2 is 1.79 bits per heavy atom. The van der Waals surface area contributed by atoms with Crippen molar-refractivity contribution in [3.8, 4) is 0 Å². The molecular formula is C14H20N2O2S. The molecule has 0 atom stereocenters. The molecule has 0 bridgehead atoms. The van der Waals surface area contributed by atoms with Crippen LogP contribution in [0.2, 0.25) is 0 Å². The standard InChI is InChI=1S/C14H20N2O2S/c1-15(2)19(17,18)16-11-14(9-5-6-10-14)12-7-3-4-8-13(12)16/h3-4,7-8H,5-6,9-11H2,1-2H3. The van der Waals surface area contributed by atoms with Crippen molar-refractivity contribution in [2.45, 2.75) is 31.1 Å². The Balaban J connectivity index is 2.12. The van der Waals surface area contributed by atoms with E-state index in [2.05, 4.69) is 6.07 Å². The third-order valence-corrected chi connectivity index (χ3v) is 6.30. The van der Waals surface area contributed by atoms with Crippen LogP contribution < -0.4 is 4.31 Å². The van der Waals surface area contributed by atoms with Crippen LogP contribution in [0.3, 0.4) is 0 Å². The topological polar surface area (TPSA) is 40.6 Å². The molecule has 1 heterocycles. The molecule has 1 saturated carbocycles. The van der Waals surface area contributed by atoms with Crippen molar-refractivity contribution in [2.75, 3.05) is 24.9 Å². The average Bonchev–Trinajstić information content (AvgIpc) is 2.97. The van der Waals surface area contributed by atoms with E-state index in [9.17, 15) is 8.42 Å². The van der Waals surface area contributed by atoms with Gasteiger partial charge in [-0.25, -0.2) is 0 Å². The van der Waals surface area contributed by atoms with Gasteiger partial charge >= 0.3 is 10.2 Å². The molecule has 0 unspecified atom stereocenters. The van der Waals surface area contributed by atoms with Gasteiger partial charge in [0.25, 0.3) is 0 Å². The van der Waals surface area contributed by atoms with Crippen molar-refractivity contribution in [2.24, 2.45) is 0 Å². The molecule has 0 radical (unpaired) electrons. The molecule has 104 valence electrons. The summed E-state index contributed by atoms with van der Waals surface area (Å²) >= 11 is 0. The summed E-state index contributed by atoms with van der Waals surface area (Å²) in [5, 5.41) is 0. The summed E-state index contributed by atoms with van der Waals surface area (Å²) in [6, 6.07) is 7.98. The third-order valence-electron chi connectivity index (χ3n) is 4.49. The maximum absolute atomic E-state index is 12.5. The molecule has 1 spiro atoms. The van der Waals surface area contributed by atoms with Crippen molar-refractivity contribution in [3.63, 3.8) is 0 Å². The fourth-order valence-corrected chi connectivity index (χ4v) is 4.68. The Morgan fingerprint density at radius 1 is 1.16 bits per heavy atom. The number of hydrogen-bond donors (Lipinski definition) is 0. The van der Waals surface area contributed by atoms with Gasteiger partial charge in [-0.1, -0.05) is 31.0 Å². The number of fused-ring (bicyclic) bond motifs is 2. The Labute approximate surface area is 115 Å². The predicted octanol–water partition coefficient (Wildman–Crippen LogP) is 2.12. The number of benzene rings is 1. The maximum atomic E-state index is 12.5. The minimum atomic E-state index is -3.39. The number of anilines is 1. The molecule has 0 amide bonds. The van der Waals surface area contributed by atoms with E-state index in [1.807, 2.05) is 18.2 Å². The zero-order valence-electron chi connectivity index (χ0n) is 11.5. The Kier molecular flexibility index (Phi) is 2.87. The minimum absolute atomic E-state index is 0.0552. The van der Waals surface area contributed by atoms with Crippen molar-refractivity contribution in [3.05, 3.63) is 29.8 Å². The van der Waals surface area contributed by atoms with E-state index in [1.165, 1.54) is 22.7 Å². The Bertz CT molecular complexity index is 589. The van der Waals surface area contributed by atoms with E-state index in [0.29, 0.717) is 6.54 Å². The summed E-state index contributed by atoms with van der Waals surface area (Å²) in [5.41, 5.74) is 2.15. The van der Waals surface area contributed by atoms with Crippen LogP contribution in [0.1, 0.15) is 31.2 Å². The molecule has 1 aliphatic carbocycles. The molecule has 0 N–H and O–H groups in total. The lowest BCUT2D eigenvalue weighted by Gasteiger charge is -2.27. The SMILES string of the molecule is CN(C)S(=O)(=O)N1CC2(CCCC2)c2ccccc21. The highest BCUT2D eigenvalue weighted by Crippen LogP contribution is 2.51. The molecule has 0 aromatic heterocycles. The Hall–Kier alpha value is -1.07. The third kappa shape index (κ3) is 1.79. The lowest BCUT2D eigenvalue weighted by atomic mass is 9.81. The van der Waals surface area contributed by atoms with Gasteiger partial charge in [0.15, 0.2) is 0 Å². The van der Waals surface area contributed by atoms with Crippen LogP contribution in [0.5, 0.6) is 0 Å². The highest BCUT2D eigenvalue weighted by atomic mass is 32.2. The van der Waals surface area contributed by atoms with Crippen LogP contribution in [0, 0.1) is 0 Å². The Morgan fingerprint density at radius 3 is 2.42 bits per heavy atom. The van der Waals surface area contributed by atoms with Crippen molar-refractivity contribution < 1.29 is 8.42 Å². The molecule has 2 aliphatic rings. The van der Waals surface area contributed by atoms with Gasteiger partial charge in [-0.15, -0.1) is 0 Å². The van der Waals surface area contributed by atoms with E-state index in [-0.39, 0.29) is 5.41 Å². The molecular weight excluding hydrogens is 260 g/mol. The van der Waals surface area contributed by atoms with Crippen molar-refractivity contribution in [1.82, 2.24) is 4.31 Å². The zero-order chi connectivity index (χ0) is 13.7. The number of para-hydroxylation sites is 1. The van der Waals surface area contributed by atoms with Crippen LogP contribution in [-0.2, 0) is 15.6 Å². The van der Waals surface area contributed by atoms with Gasteiger partial charge in [0.2, 0.25) is 0 Å². The van der Waals surface area contributed by atoms with Crippen LogP contribution in [-0.4, -0.2) is 33.4 Å². The summed E-state index contributed by atoms with van der Waals surface area (Å²) in [7, 11) is -0.197. The minimum Gasteiger partial charge on any atom is -0.256 e. The highest BCUT2D eigenvalue weighted by Gasteiger charge is 2.48. The number of hydrogen-bond acceptors (Lipinski definition) is 2. The summed E-state index contributed by atoms with van der Waals surface area (Å²) in [6.45, 7) is 0.604. The molecule has 1 aromatic rings. The molecule has 19 heavy (non-hydrogen) atoms. The van der Waals surface area contributed by atoms with Gasteiger partial charge in [0.05, 0.1) is 5.69 Å². The van der Waals surface area contributed by atoms with Gasteiger partial charge in [-0.05, 0) is 24.5 Å². The lowest BCUT2D eigenvalue weighted by molar-refractivity contribution is 0.466. The van der Waals surface area contributed by atoms with Gasteiger partial charge in [0.1, 0.15) is 0 Å². The zero-order valence-corrected chi connectivity index (χ0v) is 12.3. The summed E-state index contributed by atoms with van der Waals surface area (Å²) in [5.74, 6) is 0. The lowest BCUT2D eigenvalue weighted by Crippen LogP contribution is -2.42. The second-order valence-electron chi connectivity index (χ2n) is 5.80. The molecule has 3 rings (SSSR count). The second kappa shape index (κ2) is 4.21. The van der Waals surface area contributed by atoms with Crippen molar-refractivity contribution >= 4 is 15.9 Å². The van der Waals surface area contributed by atoms with E-state index in [4.69, 9.17) is 0 Å². The first-order valence-electron chi connectivity index (χ1n) is 6.77. The van der Waals surface area contributed by atoms with Crippen LogP contribution >= 0.6 is 0 Å². The van der Waals surface area contributed by atoms with Crippen LogP contribution in [0.4, 0.5) is 5.69 Å². The molecule has 1 aromatic carbocycles. The quantitative estimate of drug-likeness (QED) is 0.832. The van der Waals surface area contributed by atoms with Gasteiger partial charge < -0.3 is 0 Å². The molecule has 1 fully saturated rings. The number of nitrogens with zero attached hydrogens (tertiary/aromatic N) is 2. The van der Waals surface area contributed by atoms with E-state index >= 15 is 0 Å². The first-order chi connectivity index (χ1) is 8.97. The molecule has 1 aliphatic heterocycles. The fraction of sp³-hybridized carbons (Fsp3) is 0.571. The monoisotopic (exact) mass is 280 g/mol. The fourth-order valence-electron chi connectivity index (χ4n) is 3.47. The van der Waals surface area contributed by atoms with E-state index in [1.54, 1.807) is 18.4 Å². The van der Waals surface area contributed by atoms with Gasteiger partial charge in [-0.3, -0.25) is 4.31 Å². The molecule has 5 heteroatoms. The highest BCUT2D eigenvalue weighted by molar-refractivity contribution is 7.90. The van der Waals surface area contributed by atoms with Gasteiger partial charge in [0, 0.05) is 26.1 Å². The van der Waals surface area contributed by atoms with Crippen molar-refractivity contribution in [1.29, 1.82) is 0 Å². The summed E-state index contributed by atoms with van der Waals surface area (Å²) < 4.78 is 27.9. The molecule has 0 saturated heterocycles.